The lowest BCUT2D eigenvalue weighted by Crippen LogP contribution is -2.58. The van der Waals surface area contributed by atoms with Crippen molar-refractivity contribution < 1.29 is 18.3 Å². The fourth-order valence-corrected chi connectivity index (χ4v) is 4.56. The third-order valence-electron chi connectivity index (χ3n) is 4.82. The molecule has 2 aromatic rings. The highest BCUT2D eigenvalue weighted by atomic mass is 32.2. The second-order valence-corrected chi connectivity index (χ2v) is 8.86. The summed E-state index contributed by atoms with van der Waals surface area (Å²) in [6.07, 6.45) is 0.119. The Kier molecular flexibility index (Phi) is 6.58. The van der Waals surface area contributed by atoms with E-state index in [4.69, 9.17) is 11.1 Å². The van der Waals surface area contributed by atoms with Gasteiger partial charge in [-0.15, -0.1) is 0 Å². The van der Waals surface area contributed by atoms with Crippen LogP contribution in [0.15, 0.2) is 54.6 Å². The molecule has 9 nitrogen and oxygen atoms in total. The zero-order valence-corrected chi connectivity index (χ0v) is 17.1. The Morgan fingerprint density at radius 3 is 2.63 bits per heavy atom. The Hall–Kier alpha value is -3.11. The Labute approximate surface area is 175 Å². The van der Waals surface area contributed by atoms with Crippen LogP contribution in [0.1, 0.15) is 28.8 Å². The SMILES string of the molecule is N=C(N)N1CCC[C@H](NC(=O)c2cccc(NS(=O)(=O)Cc3ccccc3)c2)C1O. The quantitative estimate of drug-likeness (QED) is 0.341. The summed E-state index contributed by atoms with van der Waals surface area (Å²) in [6, 6.07) is 14.3. The van der Waals surface area contributed by atoms with Gasteiger partial charge in [0.05, 0.1) is 11.8 Å². The van der Waals surface area contributed by atoms with Crippen molar-refractivity contribution in [2.75, 3.05) is 11.3 Å². The molecule has 1 unspecified atom stereocenters. The molecule has 0 spiro atoms. The van der Waals surface area contributed by atoms with Gasteiger partial charge in [-0.3, -0.25) is 14.9 Å². The number of anilines is 1. The van der Waals surface area contributed by atoms with Gasteiger partial charge in [0, 0.05) is 17.8 Å². The van der Waals surface area contributed by atoms with Gasteiger partial charge in [0.15, 0.2) is 5.96 Å². The first kappa shape index (κ1) is 21.6. The number of sulfonamides is 1. The third kappa shape index (κ3) is 5.49. The Bertz CT molecular complexity index is 1010. The lowest BCUT2D eigenvalue weighted by atomic mass is 10.0. The molecule has 6 N–H and O–H groups in total. The van der Waals surface area contributed by atoms with Crippen LogP contribution in [-0.2, 0) is 15.8 Å². The Morgan fingerprint density at radius 2 is 1.93 bits per heavy atom. The number of aliphatic hydroxyl groups is 1. The first-order chi connectivity index (χ1) is 14.2. The number of carbonyl (C=O) groups excluding carboxylic acids is 1. The van der Waals surface area contributed by atoms with Crippen LogP contribution in [0, 0.1) is 5.41 Å². The van der Waals surface area contributed by atoms with Gasteiger partial charge in [-0.2, -0.15) is 0 Å². The van der Waals surface area contributed by atoms with Gasteiger partial charge in [0.2, 0.25) is 10.0 Å². The van der Waals surface area contributed by atoms with Crippen molar-refractivity contribution in [1.29, 1.82) is 5.41 Å². The highest BCUT2D eigenvalue weighted by Gasteiger charge is 2.31. The molecule has 0 saturated carbocycles. The summed E-state index contributed by atoms with van der Waals surface area (Å²) in [6.45, 7) is 0.446. The molecule has 30 heavy (non-hydrogen) atoms. The second kappa shape index (κ2) is 9.14. The van der Waals surface area contributed by atoms with E-state index >= 15 is 0 Å². The minimum absolute atomic E-state index is 0.181. The predicted octanol–water partition coefficient (Wildman–Crippen LogP) is 1.03. The molecular weight excluding hydrogens is 406 g/mol. The topological polar surface area (TPSA) is 149 Å². The zero-order valence-electron chi connectivity index (χ0n) is 16.3. The number of benzene rings is 2. The average Bonchev–Trinajstić information content (AvgIpc) is 2.69. The number of aliphatic hydroxyl groups excluding tert-OH is 1. The molecule has 0 aliphatic carbocycles. The Balaban J connectivity index is 1.67. The molecule has 1 aliphatic heterocycles. The molecule has 3 rings (SSSR count). The van der Waals surface area contributed by atoms with Crippen molar-refractivity contribution >= 4 is 27.6 Å². The summed E-state index contributed by atoms with van der Waals surface area (Å²) < 4.78 is 27.3. The van der Waals surface area contributed by atoms with Gasteiger partial charge in [-0.25, -0.2) is 8.42 Å². The summed E-state index contributed by atoms with van der Waals surface area (Å²) in [4.78, 5) is 14.0. The molecular formula is C20H25N5O4S. The van der Waals surface area contributed by atoms with Crippen molar-refractivity contribution in [2.24, 2.45) is 5.73 Å². The summed E-state index contributed by atoms with van der Waals surface area (Å²) >= 11 is 0. The number of piperidine rings is 1. The highest BCUT2D eigenvalue weighted by molar-refractivity contribution is 7.91. The van der Waals surface area contributed by atoms with Crippen LogP contribution in [0.25, 0.3) is 0 Å². The molecule has 1 aliphatic rings. The molecule has 1 saturated heterocycles. The number of likely N-dealkylation sites (tertiary alicyclic amines) is 1. The van der Waals surface area contributed by atoms with E-state index in [0.29, 0.717) is 24.9 Å². The third-order valence-corrected chi connectivity index (χ3v) is 6.08. The molecule has 10 heteroatoms. The molecule has 0 aromatic heterocycles. The standard InChI is InChI=1S/C20H25N5O4S/c21-20(22)25-11-5-10-17(19(25)27)23-18(26)15-8-4-9-16(12-15)24-30(28,29)13-14-6-2-1-3-7-14/h1-4,6-9,12,17,19,24,27H,5,10-11,13H2,(H3,21,22)(H,23,26)/t17-,19?/m0/s1. The van der Waals surface area contributed by atoms with Crippen LogP contribution in [0.3, 0.4) is 0 Å². The van der Waals surface area contributed by atoms with E-state index in [1.165, 1.54) is 11.0 Å². The van der Waals surface area contributed by atoms with Crippen LogP contribution in [0.4, 0.5) is 5.69 Å². The number of hydrogen-bond acceptors (Lipinski definition) is 5. The largest absolute Gasteiger partial charge is 0.371 e. The number of nitrogens with one attached hydrogen (secondary N) is 3. The lowest BCUT2D eigenvalue weighted by Gasteiger charge is -2.38. The van der Waals surface area contributed by atoms with Crippen molar-refractivity contribution in [3.63, 3.8) is 0 Å². The van der Waals surface area contributed by atoms with E-state index in [2.05, 4.69) is 10.0 Å². The number of nitrogens with two attached hydrogens (primary N) is 1. The first-order valence-corrected chi connectivity index (χ1v) is 11.1. The van der Waals surface area contributed by atoms with Crippen molar-refractivity contribution in [1.82, 2.24) is 10.2 Å². The van der Waals surface area contributed by atoms with Gasteiger partial charge < -0.3 is 21.1 Å². The van der Waals surface area contributed by atoms with E-state index < -0.39 is 28.2 Å². The number of hydrogen-bond donors (Lipinski definition) is 5. The van der Waals surface area contributed by atoms with Gasteiger partial charge in [0.1, 0.15) is 6.23 Å². The molecule has 1 fully saturated rings. The van der Waals surface area contributed by atoms with Gasteiger partial charge in [-0.1, -0.05) is 36.4 Å². The monoisotopic (exact) mass is 431 g/mol. The average molecular weight is 432 g/mol. The summed E-state index contributed by atoms with van der Waals surface area (Å²) in [5, 5.41) is 20.6. The molecule has 0 radical (unpaired) electrons. The fraction of sp³-hybridized carbons (Fsp3) is 0.300. The van der Waals surface area contributed by atoms with Gasteiger partial charge >= 0.3 is 0 Å². The van der Waals surface area contributed by atoms with E-state index in [9.17, 15) is 18.3 Å². The first-order valence-electron chi connectivity index (χ1n) is 9.49. The number of rotatable bonds is 6. The molecule has 0 bridgehead atoms. The maximum Gasteiger partial charge on any atom is 0.251 e. The normalized spacial score (nSPS) is 19.2. The van der Waals surface area contributed by atoms with E-state index in [1.807, 2.05) is 6.07 Å². The van der Waals surface area contributed by atoms with Gasteiger partial charge in [0.25, 0.3) is 5.91 Å². The summed E-state index contributed by atoms with van der Waals surface area (Å²) in [5.74, 6) is -0.885. The molecule has 2 aromatic carbocycles. The van der Waals surface area contributed by atoms with Crippen molar-refractivity contribution in [3.8, 4) is 0 Å². The van der Waals surface area contributed by atoms with Crippen LogP contribution >= 0.6 is 0 Å². The number of nitrogens with zero attached hydrogens (tertiary/aromatic N) is 1. The smallest absolute Gasteiger partial charge is 0.251 e. The minimum atomic E-state index is -3.65. The highest BCUT2D eigenvalue weighted by Crippen LogP contribution is 2.18. The van der Waals surface area contributed by atoms with Crippen LogP contribution < -0.4 is 15.8 Å². The van der Waals surface area contributed by atoms with Crippen LogP contribution in [0.2, 0.25) is 0 Å². The predicted molar refractivity (Wildman–Crippen MR) is 114 cm³/mol. The maximum absolute atomic E-state index is 12.6. The Morgan fingerprint density at radius 1 is 1.20 bits per heavy atom. The number of guanidine groups is 1. The molecule has 160 valence electrons. The molecule has 1 heterocycles. The zero-order chi connectivity index (χ0) is 21.7. The van der Waals surface area contributed by atoms with E-state index in [1.54, 1.807) is 42.5 Å². The number of carbonyl (C=O) groups is 1. The maximum atomic E-state index is 12.6. The lowest BCUT2D eigenvalue weighted by molar-refractivity contribution is -0.00552. The molecule has 1 amide bonds. The minimum Gasteiger partial charge on any atom is -0.371 e. The van der Waals surface area contributed by atoms with Crippen LogP contribution in [-0.4, -0.2) is 49.1 Å². The fourth-order valence-electron chi connectivity index (χ4n) is 3.37. The van der Waals surface area contributed by atoms with Crippen molar-refractivity contribution in [3.05, 3.63) is 65.7 Å². The number of amides is 1. The van der Waals surface area contributed by atoms with Crippen LogP contribution in [0.5, 0.6) is 0 Å². The van der Waals surface area contributed by atoms with Crippen molar-refractivity contribution in [2.45, 2.75) is 30.9 Å². The summed E-state index contributed by atoms with van der Waals surface area (Å²) in [5.41, 5.74) is 6.64. The second-order valence-electron chi connectivity index (χ2n) is 7.14. The molecule has 2 atom stereocenters. The summed E-state index contributed by atoms with van der Waals surface area (Å²) in [7, 11) is -3.65. The van der Waals surface area contributed by atoms with E-state index in [0.717, 1.165) is 0 Å². The van der Waals surface area contributed by atoms with Gasteiger partial charge in [-0.05, 0) is 36.6 Å². The van der Waals surface area contributed by atoms with E-state index in [-0.39, 0.29) is 23.0 Å².